The second-order valence-electron chi connectivity index (χ2n) is 3.12. The second-order valence-corrected chi connectivity index (χ2v) is 3.12. The molecule has 0 amide bonds. The van der Waals surface area contributed by atoms with E-state index in [1.807, 2.05) is 0 Å². The van der Waals surface area contributed by atoms with Crippen LogP contribution in [0, 0.1) is 6.92 Å². The van der Waals surface area contributed by atoms with Gasteiger partial charge in [0.2, 0.25) is 0 Å². The number of nitrogens with zero attached hydrogens (tertiary/aromatic N) is 3. The number of hydrogen-bond acceptors (Lipinski definition) is 6. The van der Waals surface area contributed by atoms with E-state index in [9.17, 15) is 4.79 Å². The summed E-state index contributed by atoms with van der Waals surface area (Å²) in [5.41, 5.74) is 1.70. The smallest absolute Gasteiger partial charge is 0.168 e. The Morgan fingerprint density at radius 2 is 2.31 bits per heavy atom. The Labute approximate surface area is 91.2 Å². The Kier molecular flexibility index (Phi) is 2.90. The number of rotatable bonds is 4. The lowest BCUT2D eigenvalue weighted by Gasteiger charge is -2.02. The molecule has 16 heavy (non-hydrogen) atoms. The van der Waals surface area contributed by atoms with Crippen molar-refractivity contribution in [3.8, 4) is 5.75 Å². The zero-order chi connectivity index (χ0) is 11.4. The van der Waals surface area contributed by atoms with Crippen molar-refractivity contribution in [3.63, 3.8) is 0 Å². The summed E-state index contributed by atoms with van der Waals surface area (Å²) in [7, 11) is 0. The average Bonchev–Trinajstić information content (AvgIpc) is 2.73. The molecular weight excluding hydrogens is 210 g/mol. The SMILES string of the molecule is Cc1nonc1COc1ccc(C=O)nc1. The number of pyridine rings is 1. The van der Waals surface area contributed by atoms with Gasteiger partial charge in [-0.3, -0.25) is 4.79 Å². The van der Waals surface area contributed by atoms with E-state index in [2.05, 4.69) is 19.9 Å². The van der Waals surface area contributed by atoms with E-state index in [0.29, 0.717) is 29.1 Å². The van der Waals surface area contributed by atoms with Gasteiger partial charge in [-0.1, -0.05) is 10.3 Å². The average molecular weight is 219 g/mol. The maximum Gasteiger partial charge on any atom is 0.168 e. The first-order valence-corrected chi connectivity index (χ1v) is 4.61. The van der Waals surface area contributed by atoms with Crippen LogP contribution in [-0.2, 0) is 6.61 Å². The maximum absolute atomic E-state index is 10.4. The molecule has 0 bridgehead atoms. The molecule has 0 unspecified atom stereocenters. The Morgan fingerprint density at radius 3 is 2.88 bits per heavy atom. The van der Waals surface area contributed by atoms with Gasteiger partial charge in [0.25, 0.3) is 0 Å². The van der Waals surface area contributed by atoms with Crippen molar-refractivity contribution < 1.29 is 14.2 Å². The third kappa shape index (κ3) is 2.22. The van der Waals surface area contributed by atoms with E-state index in [0.717, 1.165) is 0 Å². The summed E-state index contributed by atoms with van der Waals surface area (Å²) >= 11 is 0. The quantitative estimate of drug-likeness (QED) is 0.718. The molecule has 6 heteroatoms. The summed E-state index contributed by atoms with van der Waals surface area (Å²) in [6.45, 7) is 2.04. The third-order valence-corrected chi connectivity index (χ3v) is 2.00. The van der Waals surface area contributed by atoms with Crippen LogP contribution in [0.3, 0.4) is 0 Å². The Hall–Kier alpha value is -2.24. The molecule has 0 fully saturated rings. The van der Waals surface area contributed by atoms with E-state index in [-0.39, 0.29) is 6.61 Å². The van der Waals surface area contributed by atoms with Crippen molar-refractivity contribution in [3.05, 3.63) is 35.4 Å². The van der Waals surface area contributed by atoms with E-state index in [1.165, 1.54) is 6.20 Å². The highest BCUT2D eigenvalue weighted by Crippen LogP contribution is 2.11. The molecule has 0 spiro atoms. The van der Waals surface area contributed by atoms with Gasteiger partial charge in [0, 0.05) is 0 Å². The van der Waals surface area contributed by atoms with Crippen LogP contribution in [0.25, 0.3) is 0 Å². The van der Waals surface area contributed by atoms with Gasteiger partial charge < -0.3 is 4.74 Å². The van der Waals surface area contributed by atoms with Crippen molar-refractivity contribution in [2.24, 2.45) is 0 Å². The number of aromatic nitrogens is 3. The monoisotopic (exact) mass is 219 g/mol. The summed E-state index contributed by atoms with van der Waals surface area (Å²) in [4.78, 5) is 14.2. The summed E-state index contributed by atoms with van der Waals surface area (Å²) in [6.07, 6.45) is 2.15. The van der Waals surface area contributed by atoms with Gasteiger partial charge >= 0.3 is 0 Å². The number of carbonyl (C=O) groups excluding carboxylic acids is 1. The largest absolute Gasteiger partial charge is 0.485 e. The van der Waals surface area contributed by atoms with Gasteiger partial charge in [0.1, 0.15) is 29.4 Å². The maximum atomic E-state index is 10.4. The lowest BCUT2D eigenvalue weighted by atomic mass is 10.3. The van der Waals surface area contributed by atoms with Gasteiger partial charge in [0.15, 0.2) is 6.29 Å². The topological polar surface area (TPSA) is 78.1 Å². The van der Waals surface area contributed by atoms with Crippen LogP contribution in [0.5, 0.6) is 5.75 Å². The predicted molar refractivity (Wildman–Crippen MR) is 53.0 cm³/mol. The highest BCUT2D eigenvalue weighted by Gasteiger charge is 2.05. The summed E-state index contributed by atoms with van der Waals surface area (Å²) in [6, 6.07) is 3.25. The zero-order valence-corrected chi connectivity index (χ0v) is 8.58. The predicted octanol–water partition coefficient (Wildman–Crippen LogP) is 1.16. The van der Waals surface area contributed by atoms with Gasteiger partial charge in [-0.25, -0.2) is 9.61 Å². The molecule has 2 rings (SSSR count). The highest BCUT2D eigenvalue weighted by molar-refractivity contribution is 5.71. The molecule has 2 aromatic rings. The van der Waals surface area contributed by atoms with Crippen molar-refractivity contribution in [1.82, 2.24) is 15.3 Å². The number of aryl methyl sites for hydroxylation is 1. The van der Waals surface area contributed by atoms with Crippen molar-refractivity contribution in [2.75, 3.05) is 0 Å². The van der Waals surface area contributed by atoms with Crippen LogP contribution in [-0.4, -0.2) is 21.6 Å². The van der Waals surface area contributed by atoms with Gasteiger partial charge in [-0.05, 0) is 19.1 Å². The van der Waals surface area contributed by atoms with Crippen molar-refractivity contribution in [1.29, 1.82) is 0 Å². The molecule has 0 saturated heterocycles. The molecule has 0 radical (unpaired) electrons. The van der Waals surface area contributed by atoms with E-state index in [1.54, 1.807) is 19.1 Å². The third-order valence-electron chi connectivity index (χ3n) is 2.00. The molecule has 0 aliphatic carbocycles. The Bertz CT molecular complexity index is 478. The molecular formula is C10H9N3O3. The van der Waals surface area contributed by atoms with Crippen LogP contribution in [0.2, 0.25) is 0 Å². The van der Waals surface area contributed by atoms with Crippen LogP contribution in [0.4, 0.5) is 0 Å². The fourth-order valence-corrected chi connectivity index (χ4v) is 1.08. The Balaban J connectivity index is 1.99. The fraction of sp³-hybridized carbons (Fsp3) is 0.200. The Morgan fingerprint density at radius 1 is 1.44 bits per heavy atom. The fourth-order valence-electron chi connectivity index (χ4n) is 1.08. The number of hydrogen-bond donors (Lipinski definition) is 0. The minimum Gasteiger partial charge on any atom is -0.485 e. The van der Waals surface area contributed by atoms with E-state index in [4.69, 9.17) is 4.74 Å². The first kappa shape index (κ1) is 10.3. The van der Waals surface area contributed by atoms with Crippen molar-refractivity contribution >= 4 is 6.29 Å². The van der Waals surface area contributed by atoms with Gasteiger partial charge in [0.05, 0.1) is 6.20 Å². The molecule has 0 atom stereocenters. The number of ether oxygens (including phenoxy) is 1. The van der Waals surface area contributed by atoms with Gasteiger partial charge in [-0.15, -0.1) is 0 Å². The standard InChI is InChI=1S/C10H9N3O3/c1-7-10(13-16-12-7)6-15-9-3-2-8(5-14)11-4-9/h2-5H,6H2,1H3. The summed E-state index contributed by atoms with van der Waals surface area (Å²) in [5, 5.41) is 7.31. The molecule has 0 aliphatic heterocycles. The normalized spacial score (nSPS) is 10.1. The first-order valence-electron chi connectivity index (χ1n) is 4.61. The molecule has 0 aromatic carbocycles. The molecule has 0 aliphatic rings. The van der Waals surface area contributed by atoms with Crippen LogP contribution >= 0.6 is 0 Å². The van der Waals surface area contributed by atoms with Gasteiger partial charge in [-0.2, -0.15) is 0 Å². The van der Waals surface area contributed by atoms with Crippen LogP contribution in [0.15, 0.2) is 23.0 Å². The zero-order valence-electron chi connectivity index (χ0n) is 8.58. The molecule has 6 nitrogen and oxygen atoms in total. The number of aldehydes is 1. The van der Waals surface area contributed by atoms with E-state index >= 15 is 0 Å². The molecule has 0 saturated carbocycles. The second kappa shape index (κ2) is 4.52. The molecule has 0 N–H and O–H groups in total. The van der Waals surface area contributed by atoms with Crippen LogP contribution < -0.4 is 4.74 Å². The van der Waals surface area contributed by atoms with E-state index < -0.39 is 0 Å². The molecule has 2 heterocycles. The lowest BCUT2D eigenvalue weighted by molar-refractivity contribution is 0.111. The summed E-state index contributed by atoms with van der Waals surface area (Å²) < 4.78 is 9.92. The lowest BCUT2D eigenvalue weighted by Crippen LogP contribution is -1.98. The molecule has 82 valence electrons. The highest BCUT2D eigenvalue weighted by atomic mass is 16.6. The summed E-state index contributed by atoms with van der Waals surface area (Å²) in [5.74, 6) is 0.563. The minimum absolute atomic E-state index is 0.261. The van der Waals surface area contributed by atoms with Crippen LogP contribution in [0.1, 0.15) is 21.9 Å². The molecule has 2 aromatic heterocycles. The number of carbonyl (C=O) groups is 1. The van der Waals surface area contributed by atoms with Crippen molar-refractivity contribution in [2.45, 2.75) is 13.5 Å². The first-order chi connectivity index (χ1) is 7.79. The minimum atomic E-state index is 0.261.